The quantitative estimate of drug-likeness (QED) is 0.500. The summed E-state index contributed by atoms with van der Waals surface area (Å²) in [5.41, 5.74) is -0.556. The third kappa shape index (κ3) is 3.54. The van der Waals surface area contributed by atoms with E-state index in [2.05, 4.69) is 34.6 Å². The average Bonchev–Trinajstić information content (AvgIpc) is 3.34. The van der Waals surface area contributed by atoms with Crippen molar-refractivity contribution in [3.8, 4) is 0 Å². The molecule has 184 valence electrons. The van der Waals surface area contributed by atoms with Gasteiger partial charge in [0.2, 0.25) is 0 Å². The summed E-state index contributed by atoms with van der Waals surface area (Å²) >= 11 is 0. The Kier molecular flexibility index (Phi) is 5.87. The molecule has 0 aromatic heterocycles. The molecule has 0 aromatic carbocycles. The molecular weight excluding hydrogens is 396 g/mol. The SMILES string of the molecule is C[C@H](CC[C@](C)(O)[C@H]1CC[C@H]2[C@@H]3CC[C@H]4C[C@@H](O)CC[C@]4(C)[C@H]3C[C@@H](O)[C@@]21C)[C@@H]1C[C@H]1C. The van der Waals surface area contributed by atoms with E-state index in [1.807, 2.05) is 0 Å². The standard InChI is InChI=1S/C29H50O3/c1-17(22-14-18(22)2)10-13-28(4,32)25-9-8-23-21-7-6-19-15-20(30)11-12-27(19,3)24(21)16-26(31)29(23,25)5/h17-26,30-32H,6-16H2,1-5H3/t17-,18-,19+,20+,21+,22+,23+,24+,25-,26-,27+,28+,29+/m1/s1. The fourth-order valence-electron chi connectivity index (χ4n) is 10.3. The lowest BCUT2D eigenvalue weighted by Gasteiger charge is -2.62. The van der Waals surface area contributed by atoms with Crippen LogP contribution in [0.3, 0.4) is 0 Å². The molecule has 3 heteroatoms. The third-order valence-corrected chi connectivity index (χ3v) is 12.5. The first-order valence-electron chi connectivity index (χ1n) is 14.1. The monoisotopic (exact) mass is 446 g/mol. The molecule has 0 spiro atoms. The summed E-state index contributed by atoms with van der Waals surface area (Å²) in [6, 6.07) is 0. The van der Waals surface area contributed by atoms with Crippen molar-refractivity contribution in [3.05, 3.63) is 0 Å². The summed E-state index contributed by atoms with van der Waals surface area (Å²) < 4.78 is 0. The summed E-state index contributed by atoms with van der Waals surface area (Å²) in [5, 5.41) is 33.8. The fraction of sp³-hybridized carbons (Fsp3) is 1.00. The van der Waals surface area contributed by atoms with Crippen LogP contribution in [0.5, 0.6) is 0 Å². The Bertz CT molecular complexity index is 705. The molecule has 5 fully saturated rings. The van der Waals surface area contributed by atoms with Crippen molar-refractivity contribution >= 4 is 0 Å². The summed E-state index contributed by atoms with van der Waals surface area (Å²) in [7, 11) is 0. The molecule has 0 heterocycles. The molecule has 0 aliphatic heterocycles. The van der Waals surface area contributed by atoms with E-state index in [1.54, 1.807) is 0 Å². The number of fused-ring (bicyclic) bond motifs is 5. The summed E-state index contributed by atoms with van der Waals surface area (Å²) in [4.78, 5) is 0. The van der Waals surface area contributed by atoms with Crippen molar-refractivity contribution in [2.75, 3.05) is 0 Å². The van der Waals surface area contributed by atoms with E-state index >= 15 is 0 Å². The summed E-state index contributed by atoms with van der Waals surface area (Å²) in [5.74, 6) is 5.08. The van der Waals surface area contributed by atoms with Gasteiger partial charge in [-0.15, -0.1) is 0 Å². The Morgan fingerprint density at radius 2 is 1.69 bits per heavy atom. The molecule has 0 unspecified atom stereocenters. The summed E-state index contributed by atoms with van der Waals surface area (Å²) in [6.07, 6.45) is 11.6. The van der Waals surface area contributed by atoms with Gasteiger partial charge in [-0.3, -0.25) is 0 Å². The highest BCUT2D eigenvalue weighted by Gasteiger charge is 2.65. The first-order valence-corrected chi connectivity index (χ1v) is 14.1. The molecule has 5 rings (SSSR count). The lowest BCUT2D eigenvalue weighted by atomic mass is 9.43. The molecule has 5 aliphatic rings. The predicted molar refractivity (Wildman–Crippen MR) is 129 cm³/mol. The fourth-order valence-corrected chi connectivity index (χ4v) is 10.3. The van der Waals surface area contributed by atoms with E-state index < -0.39 is 5.60 Å². The Labute approximate surface area is 196 Å². The van der Waals surface area contributed by atoms with Gasteiger partial charge < -0.3 is 15.3 Å². The highest BCUT2D eigenvalue weighted by molar-refractivity contribution is 5.14. The zero-order valence-corrected chi connectivity index (χ0v) is 21.4. The smallest absolute Gasteiger partial charge is 0.0654 e. The first kappa shape index (κ1) is 23.6. The van der Waals surface area contributed by atoms with Gasteiger partial charge in [-0.2, -0.15) is 0 Å². The van der Waals surface area contributed by atoms with Gasteiger partial charge >= 0.3 is 0 Å². The maximum Gasteiger partial charge on any atom is 0.0654 e. The second-order valence-corrected chi connectivity index (χ2v) is 14.1. The van der Waals surface area contributed by atoms with E-state index in [0.717, 1.165) is 56.8 Å². The van der Waals surface area contributed by atoms with E-state index in [0.29, 0.717) is 29.6 Å². The van der Waals surface area contributed by atoms with Crippen molar-refractivity contribution in [2.24, 2.45) is 58.2 Å². The van der Waals surface area contributed by atoms with Crippen molar-refractivity contribution < 1.29 is 15.3 Å². The van der Waals surface area contributed by atoms with Crippen molar-refractivity contribution in [3.63, 3.8) is 0 Å². The lowest BCUT2D eigenvalue weighted by molar-refractivity contribution is -0.191. The van der Waals surface area contributed by atoms with Crippen LogP contribution < -0.4 is 0 Å². The third-order valence-electron chi connectivity index (χ3n) is 12.5. The topological polar surface area (TPSA) is 60.7 Å². The molecule has 0 radical (unpaired) electrons. The van der Waals surface area contributed by atoms with E-state index in [4.69, 9.17) is 0 Å². The summed E-state index contributed by atoms with van der Waals surface area (Å²) in [6.45, 7) is 11.7. The average molecular weight is 447 g/mol. The predicted octanol–water partition coefficient (Wildman–Crippen LogP) is 5.80. The number of hydrogen-bond acceptors (Lipinski definition) is 3. The van der Waals surface area contributed by atoms with Crippen LogP contribution in [0.25, 0.3) is 0 Å². The molecule has 0 amide bonds. The highest BCUT2D eigenvalue weighted by Crippen LogP contribution is 2.68. The van der Waals surface area contributed by atoms with Gasteiger partial charge in [0.15, 0.2) is 0 Å². The normalized spacial score (nSPS) is 55.3. The highest BCUT2D eigenvalue weighted by atomic mass is 16.3. The Balaban J connectivity index is 1.33. The van der Waals surface area contributed by atoms with Crippen molar-refractivity contribution in [2.45, 2.75) is 123 Å². The molecule has 0 bridgehead atoms. The minimum Gasteiger partial charge on any atom is -0.393 e. The maximum absolute atomic E-state index is 11.8. The van der Waals surface area contributed by atoms with Gasteiger partial charge in [0.05, 0.1) is 17.8 Å². The van der Waals surface area contributed by atoms with E-state index in [-0.39, 0.29) is 29.0 Å². The zero-order chi connectivity index (χ0) is 23.1. The van der Waals surface area contributed by atoms with Crippen LogP contribution in [-0.4, -0.2) is 33.1 Å². The second kappa shape index (κ2) is 7.95. The van der Waals surface area contributed by atoms with Crippen LogP contribution in [0, 0.1) is 58.2 Å². The minimum absolute atomic E-state index is 0.115. The van der Waals surface area contributed by atoms with Gasteiger partial charge in [0, 0.05) is 5.41 Å². The van der Waals surface area contributed by atoms with Crippen LogP contribution in [0.1, 0.15) is 105 Å². The van der Waals surface area contributed by atoms with Crippen LogP contribution in [0.2, 0.25) is 0 Å². The molecule has 5 saturated carbocycles. The van der Waals surface area contributed by atoms with Gasteiger partial charge in [-0.25, -0.2) is 0 Å². The number of aliphatic hydroxyl groups excluding tert-OH is 2. The van der Waals surface area contributed by atoms with Gasteiger partial charge in [-0.05, 0) is 130 Å². The molecular formula is C29H50O3. The second-order valence-electron chi connectivity index (χ2n) is 14.1. The molecule has 13 atom stereocenters. The van der Waals surface area contributed by atoms with Crippen molar-refractivity contribution in [1.29, 1.82) is 0 Å². The Morgan fingerprint density at radius 1 is 0.969 bits per heavy atom. The van der Waals surface area contributed by atoms with Crippen molar-refractivity contribution in [1.82, 2.24) is 0 Å². The maximum atomic E-state index is 11.8. The lowest BCUT2D eigenvalue weighted by Crippen LogP contribution is -2.60. The first-order chi connectivity index (χ1) is 15.0. The van der Waals surface area contributed by atoms with Crippen LogP contribution >= 0.6 is 0 Å². The number of hydrogen-bond donors (Lipinski definition) is 3. The van der Waals surface area contributed by atoms with Gasteiger partial charge in [0.1, 0.15) is 0 Å². The Morgan fingerprint density at radius 3 is 2.38 bits per heavy atom. The molecule has 0 aromatic rings. The largest absolute Gasteiger partial charge is 0.393 e. The van der Waals surface area contributed by atoms with Gasteiger partial charge in [0.25, 0.3) is 0 Å². The van der Waals surface area contributed by atoms with Gasteiger partial charge in [-0.1, -0.05) is 27.7 Å². The molecule has 5 aliphatic carbocycles. The molecule has 3 N–H and O–H groups in total. The zero-order valence-electron chi connectivity index (χ0n) is 21.4. The molecule has 32 heavy (non-hydrogen) atoms. The molecule has 0 saturated heterocycles. The van der Waals surface area contributed by atoms with Crippen LogP contribution in [0.4, 0.5) is 0 Å². The molecule has 3 nitrogen and oxygen atoms in total. The minimum atomic E-state index is -0.681. The van der Waals surface area contributed by atoms with Crippen LogP contribution in [0.15, 0.2) is 0 Å². The van der Waals surface area contributed by atoms with E-state index in [9.17, 15) is 15.3 Å². The number of aliphatic hydroxyl groups is 3. The number of rotatable bonds is 5. The Hall–Kier alpha value is -0.120. The van der Waals surface area contributed by atoms with Crippen LogP contribution in [-0.2, 0) is 0 Å². The van der Waals surface area contributed by atoms with E-state index in [1.165, 1.54) is 25.7 Å².